The highest BCUT2D eigenvalue weighted by Gasteiger charge is 2.06. The van der Waals surface area contributed by atoms with E-state index in [0.717, 1.165) is 57.2 Å². The first-order valence-electron chi connectivity index (χ1n) is 6.96. The van der Waals surface area contributed by atoms with Gasteiger partial charge in [0.2, 0.25) is 0 Å². The number of nitrogens with zero attached hydrogens (tertiary/aromatic N) is 7. The maximum absolute atomic E-state index is 5.63. The molecule has 0 saturated carbocycles. The zero-order valence-corrected chi connectivity index (χ0v) is 11.9. The second kappa shape index (κ2) is 9.05. The van der Waals surface area contributed by atoms with E-state index in [1.807, 2.05) is 0 Å². The van der Waals surface area contributed by atoms with Crippen LogP contribution in [-0.2, 0) is 12.8 Å². The number of hydrogen-bond donors (Lipinski definition) is 4. The molecule has 11 heteroatoms. The van der Waals surface area contributed by atoms with Crippen molar-refractivity contribution in [1.82, 2.24) is 51.5 Å². The zero-order chi connectivity index (χ0) is 14.8. The number of nitrogens with one attached hydrogen (secondary N) is 3. The molecular formula is C10H21N11. The molecule has 0 spiro atoms. The molecule has 21 heavy (non-hydrogen) atoms. The molecule has 0 unspecified atom stereocenters. The molecule has 2 aromatic heterocycles. The molecule has 0 fully saturated rings. The van der Waals surface area contributed by atoms with Crippen LogP contribution in [0.2, 0.25) is 0 Å². The maximum atomic E-state index is 5.63. The smallest absolute Gasteiger partial charge is 0.175 e. The highest BCUT2D eigenvalue weighted by Crippen LogP contribution is 1.92. The van der Waals surface area contributed by atoms with Crippen LogP contribution in [0.4, 0.5) is 0 Å². The molecule has 0 aromatic carbocycles. The third-order valence-corrected chi connectivity index (χ3v) is 3.01. The average molecular weight is 295 g/mol. The van der Waals surface area contributed by atoms with E-state index in [1.165, 1.54) is 0 Å². The minimum absolute atomic E-state index is 0.634. The van der Waals surface area contributed by atoms with E-state index in [9.17, 15) is 0 Å². The van der Waals surface area contributed by atoms with E-state index in [2.05, 4.69) is 51.5 Å². The Kier molecular flexibility index (Phi) is 6.64. The lowest BCUT2D eigenvalue weighted by Gasteiger charge is -2.20. The van der Waals surface area contributed by atoms with Gasteiger partial charge >= 0.3 is 0 Å². The molecular weight excluding hydrogens is 274 g/mol. The van der Waals surface area contributed by atoms with Gasteiger partial charge in [-0.1, -0.05) is 10.4 Å². The lowest BCUT2D eigenvalue weighted by atomic mass is 10.3. The Morgan fingerprint density at radius 3 is 2.24 bits per heavy atom. The van der Waals surface area contributed by atoms with Crippen molar-refractivity contribution < 1.29 is 0 Å². The molecule has 0 atom stereocenters. The third-order valence-electron chi connectivity index (χ3n) is 3.01. The molecule has 0 bridgehead atoms. The Hall–Kier alpha value is -1.98. The number of aromatic nitrogens is 8. The highest BCUT2D eigenvalue weighted by atomic mass is 15.5. The van der Waals surface area contributed by atoms with Crippen molar-refractivity contribution in [2.45, 2.75) is 12.8 Å². The van der Waals surface area contributed by atoms with Crippen LogP contribution >= 0.6 is 0 Å². The van der Waals surface area contributed by atoms with E-state index < -0.39 is 0 Å². The van der Waals surface area contributed by atoms with Crippen LogP contribution in [0.15, 0.2) is 0 Å². The monoisotopic (exact) mass is 295 g/mol. The van der Waals surface area contributed by atoms with Gasteiger partial charge in [0.1, 0.15) is 0 Å². The first-order valence-corrected chi connectivity index (χ1v) is 6.96. The second-order valence-corrected chi connectivity index (χ2v) is 4.54. The van der Waals surface area contributed by atoms with Crippen LogP contribution in [0.5, 0.6) is 0 Å². The van der Waals surface area contributed by atoms with Gasteiger partial charge in [-0.2, -0.15) is 10.4 Å². The number of nitrogens with two attached hydrogens (primary N) is 1. The number of aromatic amines is 2. The topological polar surface area (TPSA) is 150 Å². The molecule has 0 radical (unpaired) electrons. The van der Waals surface area contributed by atoms with Gasteiger partial charge in [0.05, 0.1) is 0 Å². The summed E-state index contributed by atoms with van der Waals surface area (Å²) in [6.45, 7) is 4.97. The van der Waals surface area contributed by atoms with Gasteiger partial charge in [0.15, 0.2) is 11.6 Å². The predicted octanol–water partition coefficient (Wildman–Crippen LogP) is -2.65. The Bertz CT molecular complexity index is 453. The van der Waals surface area contributed by atoms with Crippen LogP contribution in [0.3, 0.4) is 0 Å². The van der Waals surface area contributed by atoms with Crippen LogP contribution in [-0.4, -0.2) is 85.4 Å². The molecule has 2 aromatic rings. The van der Waals surface area contributed by atoms with Crippen molar-refractivity contribution in [3.8, 4) is 0 Å². The Morgan fingerprint density at radius 2 is 1.62 bits per heavy atom. The summed E-state index contributed by atoms with van der Waals surface area (Å²) in [7, 11) is 0. The lowest BCUT2D eigenvalue weighted by Crippen LogP contribution is -2.37. The Morgan fingerprint density at radius 1 is 0.905 bits per heavy atom. The minimum atomic E-state index is 0.634. The largest absolute Gasteiger partial charge is 0.329 e. The van der Waals surface area contributed by atoms with Gasteiger partial charge in [-0.05, 0) is 0 Å². The number of tetrazole rings is 2. The van der Waals surface area contributed by atoms with E-state index in [1.54, 1.807) is 0 Å². The Labute approximate surface area is 122 Å². The van der Waals surface area contributed by atoms with Gasteiger partial charge in [-0.3, -0.25) is 0 Å². The fourth-order valence-corrected chi connectivity index (χ4v) is 1.92. The summed E-state index contributed by atoms with van der Waals surface area (Å²) in [5, 5.41) is 31.0. The SMILES string of the molecule is NCCN(CCNCCc1nn[nH]n1)CCc1nn[nH]n1. The second-order valence-electron chi connectivity index (χ2n) is 4.54. The van der Waals surface area contributed by atoms with Gasteiger partial charge in [0, 0.05) is 52.1 Å². The molecule has 0 aliphatic heterocycles. The van der Waals surface area contributed by atoms with E-state index in [-0.39, 0.29) is 0 Å². The molecule has 5 N–H and O–H groups in total. The molecule has 11 nitrogen and oxygen atoms in total. The van der Waals surface area contributed by atoms with Crippen molar-refractivity contribution >= 4 is 0 Å². The Balaban J connectivity index is 1.58. The number of rotatable bonds is 11. The van der Waals surface area contributed by atoms with Gasteiger partial charge in [-0.25, -0.2) is 0 Å². The minimum Gasteiger partial charge on any atom is -0.329 e. The maximum Gasteiger partial charge on any atom is 0.175 e. The predicted molar refractivity (Wildman–Crippen MR) is 74.1 cm³/mol. The van der Waals surface area contributed by atoms with Gasteiger partial charge in [0.25, 0.3) is 0 Å². The van der Waals surface area contributed by atoms with Crippen molar-refractivity contribution in [2.24, 2.45) is 5.73 Å². The molecule has 0 aliphatic rings. The van der Waals surface area contributed by atoms with Crippen LogP contribution in [0.25, 0.3) is 0 Å². The summed E-state index contributed by atoms with van der Waals surface area (Å²) in [5.74, 6) is 1.44. The molecule has 116 valence electrons. The fraction of sp³-hybridized carbons (Fsp3) is 0.800. The molecule has 2 heterocycles. The van der Waals surface area contributed by atoms with Crippen molar-refractivity contribution in [3.63, 3.8) is 0 Å². The first-order chi connectivity index (χ1) is 10.4. The molecule has 2 rings (SSSR count). The first kappa shape index (κ1) is 15.4. The normalized spacial score (nSPS) is 11.3. The zero-order valence-electron chi connectivity index (χ0n) is 11.9. The fourth-order valence-electron chi connectivity index (χ4n) is 1.92. The lowest BCUT2D eigenvalue weighted by molar-refractivity contribution is 0.282. The number of hydrogen-bond acceptors (Lipinski definition) is 9. The van der Waals surface area contributed by atoms with E-state index >= 15 is 0 Å². The third kappa shape index (κ3) is 5.89. The molecule has 0 saturated heterocycles. The summed E-state index contributed by atoms with van der Waals surface area (Å²) in [6.07, 6.45) is 1.52. The van der Waals surface area contributed by atoms with Crippen molar-refractivity contribution in [1.29, 1.82) is 0 Å². The van der Waals surface area contributed by atoms with Crippen LogP contribution < -0.4 is 11.1 Å². The average Bonchev–Trinajstić information content (AvgIpc) is 3.17. The highest BCUT2D eigenvalue weighted by molar-refractivity contribution is 4.79. The van der Waals surface area contributed by atoms with E-state index in [0.29, 0.717) is 6.54 Å². The summed E-state index contributed by atoms with van der Waals surface area (Å²) in [5.41, 5.74) is 5.63. The van der Waals surface area contributed by atoms with Gasteiger partial charge in [-0.15, -0.1) is 20.4 Å². The summed E-state index contributed by atoms with van der Waals surface area (Å²) < 4.78 is 0. The van der Waals surface area contributed by atoms with Crippen LogP contribution in [0, 0.1) is 0 Å². The standard InChI is InChI=1S/C10H21N11/c11-3-7-21(6-2-10-15-19-20-16-10)8-5-12-4-1-9-13-17-18-14-9/h12H,1-8,11H2,(H,13,14,17,18)(H,15,16,19,20). The molecule has 0 aliphatic carbocycles. The quantitative estimate of drug-likeness (QED) is 0.326. The summed E-state index contributed by atoms with van der Waals surface area (Å²) in [6, 6.07) is 0. The van der Waals surface area contributed by atoms with Gasteiger partial charge < -0.3 is 16.0 Å². The van der Waals surface area contributed by atoms with Crippen molar-refractivity contribution in [2.75, 3.05) is 39.3 Å². The summed E-state index contributed by atoms with van der Waals surface area (Å²) >= 11 is 0. The van der Waals surface area contributed by atoms with E-state index in [4.69, 9.17) is 5.73 Å². The number of H-pyrrole nitrogens is 2. The van der Waals surface area contributed by atoms with Crippen LogP contribution in [0.1, 0.15) is 11.6 Å². The summed E-state index contributed by atoms with van der Waals surface area (Å²) in [4.78, 5) is 2.28. The molecule has 0 amide bonds. The van der Waals surface area contributed by atoms with Crippen molar-refractivity contribution in [3.05, 3.63) is 11.6 Å².